The second kappa shape index (κ2) is 11.7. The lowest BCUT2D eigenvalue weighted by Gasteiger charge is -2.31. The lowest BCUT2D eigenvalue weighted by molar-refractivity contribution is 0.249. The van der Waals surface area contributed by atoms with Crippen LogP contribution < -0.4 is 10.6 Å². The number of rotatable bonds is 7. The molecule has 1 aliphatic carbocycles. The summed E-state index contributed by atoms with van der Waals surface area (Å²) in [5.41, 5.74) is 0. The van der Waals surface area contributed by atoms with Crippen LogP contribution in [0.4, 0.5) is 0 Å². The number of aliphatic hydroxyl groups is 1. The Morgan fingerprint density at radius 2 is 2.21 bits per heavy atom. The molecule has 1 fully saturated rings. The maximum Gasteiger partial charge on any atom is 0.191 e. The molecule has 1 aromatic heterocycles. The number of aliphatic imine (C=N–C) groups is 1. The molecule has 0 saturated heterocycles. The Hall–Kier alpha value is -0.760. The Labute approximate surface area is 162 Å². The fourth-order valence-corrected chi connectivity index (χ4v) is 3.04. The molecule has 0 bridgehead atoms. The molecule has 24 heavy (non-hydrogen) atoms. The standard InChI is InChI=1S/C18H31N3O2.HI/c1-3-15(13-22)20-18(19-11-10-16-8-6-12-23-16)21-17-9-5-4-7-14(17)2;/h6,8,12,14-15,17,22H,3-5,7,9-11,13H2,1-2H3,(H2,19,20,21);1H/t14?,15-,17?;/m1./s1. The smallest absolute Gasteiger partial charge is 0.191 e. The number of guanidine groups is 1. The van der Waals surface area contributed by atoms with Crippen LogP contribution in [-0.2, 0) is 6.42 Å². The van der Waals surface area contributed by atoms with Crippen molar-refractivity contribution in [1.82, 2.24) is 10.6 Å². The van der Waals surface area contributed by atoms with Gasteiger partial charge in [0.15, 0.2) is 5.96 Å². The molecule has 3 atom stereocenters. The molecule has 0 aromatic carbocycles. The highest BCUT2D eigenvalue weighted by atomic mass is 127. The third kappa shape index (κ3) is 7.01. The monoisotopic (exact) mass is 449 g/mol. The topological polar surface area (TPSA) is 69.8 Å². The van der Waals surface area contributed by atoms with Gasteiger partial charge in [-0.15, -0.1) is 24.0 Å². The maximum atomic E-state index is 9.45. The number of nitrogens with zero attached hydrogens (tertiary/aromatic N) is 1. The Bertz CT molecular complexity index is 461. The van der Waals surface area contributed by atoms with Crippen LogP contribution in [-0.4, -0.2) is 36.3 Å². The molecule has 0 radical (unpaired) electrons. The maximum absolute atomic E-state index is 9.45. The summed E-state index contributed by atoms with van der Waals surface area (Å²) in [5.74, 6) is 2.43. The highest BCUT2D eigenvalue weighted by molar-refractivity contribution is 14.0. The molecule has 1 aliphatic rings. The number of halogens is 1. The van der Waals surface area contributed by atoms with Gasteiger partial charge in [-0.25, -0.2) is 0 Å². The van der Waals surface area contributed by atoms with E-state index in [-0.39, 0.29) is 36.6 Å². The van der Waals surface area contributed by atoms with Crippen molar-refractivity contribution in [2.75, 3.05) is 13.2 Å². The van der Waals surface area contributed by atoms with E-state index in [0.717, 1.165) is 24.6 Å². The Kier molecular flexibility index (Phi) is 10.4. The summed E-state index contributed by atoms with van der Waals surface area (Å²) >= 11 is 0. The highest BCUT2D eigenvalue weighted by Gasteiger charge is 2.22. The molecule has 0 amide bonds. The fourth-order valence-electron chi connectivity index (χ4n) is 3.04. The molecule has 2 unspecified atom stereocenters. The molecule has 0 aliphatic heterocycles. The zero-order valence-electron chi connectivity index (χ0n) is 14.8. The Balaban J connectivity index is 0.00000288. The van der Waals surface area contributed by atoms with Crippen molar-refractivity contribution in [2.24, 2.45) is 10.9 Å². The lowest BCUT2D eigenvalue weighted by Crippen LogP contribution is -2.51. The van der Waals surface area contributed by atoms with E-state index in [9.17, 15) is 5.11 Å². The van der Waals surface area contributed by atoms with Gasteiger partial charge in [0.1, 0.15) is 5.76 Å². The average molecular weight is 449 g/mol. The number of furan rings is 1. The first-order valence-electron chi connectivity index (χ1n) is 8.93. The molecule has 6 heteroatoms. The molecule has 2 rings (SSSR count). The van der Waals surface area contributed by atoms with Crippen LogP contribution in [0.15, 0.2) is 27.8 Å². The minimum absolute atomic E-state index is 0. The third-order valence-corrected chi connectivity index (χ3v) is 4.70. The number of hydrogen-bond acceptors (Lipinski definition) is 3. The molecule has 1 saturated carbocycles. The summed E-state index contributed by atoms with van der Waals surface area (Å²) in [6, 6.07) is 4.39. The van der Waals surface area contributed by atoms with Crippen molar-refractivity contribution in [2.45, 2.75) is 64.5 Å². The summed E-state index contributed by atoms with van der Waals surface area (Å²) < 4.78 is 5.36. The van der Waals surface area contributed by atoms with E-state index in [0.29, 0.717) is 18.5 Å². The normalized spacial score (nSPS) is 22.5. The van der Waals surface area contributed by atoms with E-state index in [4.69, 9.17) is 4.42 Å². The minimum atomic E-state index is 0. The van der Waals surface area contributed by atoms with Gasteiger partial charge in [0, 0.05) is 19.0 Å². The second-order valence-corrected chi connectivity index (χ2v) is 6.50. The Morgan fingerprint density at radius 3 is 2.83 bits per heavy atom. The number of nitrogens with one attached hydrogen (secondary N) is 2. The zero-order valence-corrected chi connectivity index (χ0v) is 17.2. The van der Waals surface area contributed by atoms with Gasteiger partial charge >= 0.3 is 0 Å². The van der Waals surface area contributed by atoms with E-state index >= 15 is 0 Å². The van der Waals surface area contributed by atoms with Crippen LogP contribution in [0.1, 0.15) is 51.7 Å². The van der Waals surface area contributed by atoms with Crippen LogP contribution in [0.2, 0.25) is 0 Å². The fraction of sp³-hybridized carbons (Fsp3) is 0.722. The van der Waals surface area contributed by atoms with Gasteiger partial charge in [-0.1, -0.05) is 26.7 Å². The molecule has 1 heterocycles. The number of aliphatic hydroxyl groups excluding tert-OH is 1. The van der Waals surface area contributed by atoms with Crippen LogP contribution in [0, 0.1) is 5.92 Å². The first kappa shape index (κ1) is 21.3. The van der Waals surface area contributed by atoms with Gasteiger partial charge in [0.2, 0.25) is 0 Å². The van der Waals surface area contributed by atoms with E-state index in [1.54, 1.807) is 6.26 Å². The van der Waals surface area contributed by atoms with E-state index < -0.39 is 0 Å². The van der Waals surface area contributed by atoms with Crippen LogP contribution in [0.3, 0.4) is 0 Å². The van der Waals surface area contributed by atoms with Gasteiger partial charge in [-0.2, -0.15) is 0 Å². The van der Waals surface area contributed by atoms with E-state index in [1.165, 1.54) is 25.7 Å². The van der Waals surface area contributed by atoms with Crippen LogP contribution in [0.25, 0.3) is 0 Å². The summed E-state index contributed by atoms with van der Waals surface area (Å²) in [5, 5.41) is 16.4. The molecule has 1 aromatic rings. The van der Waals surface area contributed by atoms with Gasteiger partial charge in [0.05, 0.1) is 18.9 Å². The first-order valence-corrected chi connectivity index (χ1v) is 8.93. The predicted molar refractivity (Wildman–Crippen MR) is 109 cm³/mol. The van der Waals surface area contributed by atoms with Crippen molar-refractivity contribution >= 4 is 29.9 Å². The van der Waals surface area contributed by atoms with Crippen LogP contribution in [0.5, 0.6) is 0 Å². The van der Waals surface area contributed by atoms with Crippen molar-refractivity contribution in [3.63, 3.8) is 0 Å². The summed E-state index contributed by atoms with van der Waals surface area (Å²) in [6.45, 7) is 5.17. The summed E-state index contributed by atoms with van der Waals surface area (Å²) in [6.07, 6.45) is 8.42. The quantitative estimate of drug-likeness (QED) is 0.340. The highest BCUT2D eigenvalue weighted by Crippen LogP contribution is 2.23. The van der Waals surface area contributed by atoms with Crippen molar-refractivity contribution in [3.05, 3.63) is 24.2 Å². The number of hydrogen-bond donors (Lipinski definition) is 3. The molecule has 138 valence electrons. The molecular formula is C18H32IN3O2. The van der Waals surface area contributed by atoms with Gasteiger partial charge in [-0.05, 0) is 37.3 Å². The molecule has 3 N–H and O–H groups in total. The zero-order chi connectivity index (χ0) is 16.5. The van der Waals surface area contributed by atoms with Gasteiger partial charge in [-0.3, -0.25) is 4.99 Å². The predicted octanol–water partition coefficient (Wildman–Crippen LogP) is 3.32. The van der Waals surface area contributed by atoms with Gasteiger partial charge in [0.25, 0.3) is 0 Å². The Morgan fingerprint density at radius 1 is 1.42 bits per heavy atom. The van der Waals surface area contributed by atoms with Crippen molar-refractivity contribution in [1.29, 1.82) is 0 Å². The summed E-state index contributed by atoms with van der Waals surface area (Å²) in [7, 11) is 0. The van der Waals surface area contributed by atoms with E-state index in [1.807, 2.05) is 12.1 Å². The van der Waals surface area contributed by atoms with Crippen LogP contribution >= 0.6 is 24.0 Å². The SMILES string of the molecule is CC[C@H](CO)NC(=NCCc1ccco1)NC1CCCCC1C.I. The van der Waals surface area contributed by atoms with E-state index in [2.05, 4.69) is 29.5 Å². The average Bonchev–Trinajstić information content (AvgIpc) is 3.07. The van der Waals surface area contributed by atoms with Crippen molar-refractivity contribution < 1.29 is 9.52 Å². The molecular weight excluding hydrogens is 417 g/mol. The minimum Gasteiger partial charge on any atom is -0.469 e. The second-order valence-electron chi connectivity index (χ2n) is 6.50. The largest absolute Gasteiger partial charge is 0.469 e. The molecule has 0 spiro atoms. The van der Waals surface area contributed by atoms with Gasteiger partial charge < -0.3 is 20.2 Å². The lowest BCUT2D eigenvalue weighted by atomic mass is 9.86. The molecule has 5 nitrogen and oxygen atoms in total. The third-order valence-electron chi connectivity index (χ3n) is 4.70. The van der Waals surface area contributed by atoms with Crippen molar-refractivity contribution in [3.8, 4) is 0 Å². The summed E-state index contributed by atoms with van der Waals surface area (Å²) in [4.78, 5) is 4.69. The first-order chi connectivity index (χ1) is 11.2.